The van der Waals surface area contributed by atoms with Gasteiger partial charge in [-0.2, -0.15) is 0 Å². The van der Waals surface area contributed by atoms with E-state index < -0.39 is 23.3 Å². The third kappa shape index (κ3) is 2.12. The minimum Gasteiger partial charge on any atom is -0.277 e. The van der Waals surface area contributed by atoms with Crippen molar-refractivity contribution in [1.29, 1.82) is 0 Å². The van der Waals surface area contributed by atoms with Crippen molar-refractivity contribution in [2.75, 3.05) is 7.05 Å². The van der Waals surface area contributed by atoms with Crippen LogP contribution in [0.4, 0.5) is 4.79 Å². The van der Waals surface area contributed by atoms with Crippen molar-refractivity contribution in [2.24, 2.45) is 5.41 Å². The molecule has 1 saturated heterocycles. The minimum atomic E-state index is -1.19. The summed E-state index contributed by atoms with van der Waals surface area (Å²) in [5.74, 6) is -0.945. The number of barbiturate groups is 1. The second kappa shape index (κ2) is 4.84. The lowest BCUT2D eigenvalue weighted by Gasteiger charge is -2.37. The Morgan fingerprint density at radius 1 is 1.16 bits per heavy atom. The van der Waals surface area contributed by atoms with Gasteiger partial charge in [-0.3, -0.25) is 19.8 Å². The van der Waals surface area contributed by atoms with Gasteiger partial charge in [0.05, 0.1) is 0 Å². The third-order valence-corrected chi connectivity index (χ3v) is 3.63. The van der Waals surface area contributed by atoms with Crippen molar-refractivity contribution in [2.45, 2.75) is 19.8 Å². The first-order valence-corrected chi connectivity index (χ1v) is 6.19. The molecule has 1 aliphatic heterocycles. The fourth-order valence-corrected chi connectivity index (χ4v) is 2.35. The number of hydrogen-bond donors (Lipinski definition) is 1. The zero-order chi connectivity index (χ0) is 14.0. The third-order valence-electron chi connectivity index (χ3n) is 3.63. The molecule has 0 aliphatic carbocycles. The van der Waals surface area contributed by atoms with Crippen LogP contribution in [-0.4, -0.2) is 29.8 Å². The highest BCUT2D eigenvalue weighted by molar-refractivity contribution is 6.19. The molecule has 5 nitrogen and oxygen atoms in total. The summed E-state index contributed by atoms with van der Waals surface area (Å²) in [6, 6.07) is 8.67. The van der Waals surface area contributed by atoms with Crippen LogP contribution in [0.1, 0.15) is 18.9 Å². The summed E-state index contributed by atoms with van der Waals surface area (Å²) in [7, 11) is 1.39. The summed E-state index contributed by atoms with van der Waals surface area (Å²) in [5.41, 5.74) is -0.292. The van der Waals surface area contributed by atoms with Crippen LogP contribution in [0.5, 0.6) is 0 Å². The standard InChI is InChI=1S/C14H16N2O3/c1-3-14(9-10-7-5-4-6-8-10)11(17)15-13(19)16(2)12(14)18/h4-8H,3,9H2,1-2H3,(H,15,17,19). The molecule has 1 aliphatic rings. The second-order valence-corrected chi connectivity index (χ2v) is 4.72. The Morgan fingerprint density at radius 3 is 2.37 bits per heavy atom. The molecule has 1 aromatic rings. The zero-order valence-corrected chi connectivity index (χ0v) is 11.0. The average Bonchev–Trinajstić information content (AvgIpc) is 2.42. The van der Waals surface area contributed by atoms with Crippen LogP contribution in [-0.2, 0) is 16.0 Å². The molecular formula is C14H16N2O3. The maximum absolute atomic E-state index is 12.3. The normalized spacial score (nSPS) is 23.5. The van der Waals surface area contributed by atoms with Gasteiger partial charge in [0.1, 0.15) is 5.41 Å². The van der Waals surface area contributed by atoms with Gasteiger partial charge in [-0.05, 0) is 18.4 Å². The number of carbonyl (C=O) groups excluding carboxylic acids is 3. The van der Waals surface area contributed by atoms with Crippen LogP contribution in [0.3, 0.4) is 0 Å². The monoisotopic (exact) mass is 260 g/mol. The number of hydrogen-bond acceptors (Lipinski definition) is 3. The summed E-state index contributed by atoms with van der Waals surface area (Å²) >= 11 is 0. The van der Waals surface area contributed by atoms with Gasteiger partial charge >= 0.3 is 6.03 Å². The molecule has 1 unspecified atom stereocenters. The van der Waals surface area contributed by atoms with Gasteiger partial charge in [0, 0.05) is 7.05 Å². The van der Waals surface area contributed by atoms with E-state index in [9.17, 15) is 14.4 Å². The maximum atomic E-state index is 12.3. The summed E-state index contributed by atoms with van der Waals surface area (Å²) in [6.45, 7) is 1.78. The van der Waals surface area contributed by atoms with Crippen molar-refractivity contribution < 1.29 is 14.4 Å². The van der Waals surface area contributed by atoms with Gasteiger partial charge in [0.15, 0.2) is 0 Å². The van der Waals surface area contributed by atoms with E-state index in [-0.39, 0.29) is 0 Å². The molecular weight excluding hydrogens is 244 g/mol. The molecule has 5 heteroatoms. The first kappa shape index (κ1) is 13.3. The Labute approximate surface area is 111 Å². The number of imide groups is 2. The highest BCUT2D eigenvalue weighted by Crippen LogP contribution is 2.32. The summed E-state index contributed by atoms with van der Waals surface area (Å²) in [6.07, 6.45) is 0.650. The van der Waals surface area contributed by atoms with Crippen LogP contribution in [0.2, 0.25) is 0 Å². The van der Waals surface area contributed by atoms with E-state index in [1.165, 1.54) is 7.05 Å². The molecule has 1 N–H and O–H groups in total. The lowest BCUT2D eigenvalue weighted by atomic mass is 9.76. The first-order valence-electron chi connectivity index (χ1n) is 6.19. The highest BCUT2D eigenvalue weighted by atomic mass is 16.2. The van der Waals surface area contributed by atoms with Crippen molar-refractivity contribution in [1.82, 2.24) is 10.2 Å². The minimum absolute atomic E-state index is 0.298. The molecule has 1 atom stereocenters. The fourth-order valence-electron chi connectivity index (χ4n) is 2.35. The van der Waals surface area contributed by atoms with Crippen LogP contribution >= 0.6 is 0 Å². The molecule has 0 spiro atoms. The fraction of sp³-hybridized carbons (Fsp3) is 0.357. The largest absolute Gasteiger partial charge is 0.330 e. The lowest BCUT2D eigenvalue weighted by molar-refractivity contribution is -0.150. The van der Waals surface area contributed by atoms with Crippen molar-refractivity contribution in [3.63, 3.8) is 0 Å². The zero-order valence-electron chi connectivity index (χ0n) is 11.0. The average molecular weight is 260 g/mol. The Balaban J connectivity index is 2.38. The predicted octanol–water partition coefficient (Wildman–Crippen LogP) is 1.33. The number of carbonyl (C=O) groups is 3. The molecule has 2 rings (SSSR count). The van der Waals surface area contributed by atoms with E-state index in [1.54, 1.807) is 6.92 Å². The lowest BCUT2D eigenvalue weighted by Crippen LogP contribution is -2.63. The molecule has 0 bridgehead atoms. The Kier molecular flexibility index (Phi) is 3.38. The van der Waals surface area contributed by atoms with E-state index in [0.717, 1.165) is 10.5 Å². The molecule has 0 aromatic heterocycles. The number of nitrogens with one attached hydrogen (secondary N) is 1. The smallest absolute Gasteiger partial charge is 0.277 e. The molecule has 4 amide bonds. The first-order chi connectivity index (χ1) is 9.01. The molecule has 19 heavy (non-hydrogen) atoms. The van der Waals surface area contributed by atoms with Gasteiger partial charge in [-0.25, -0.2) is 4.79 Å². The summed E-state index contributed by atoms with van der Waals surface area (Å²) in [4.78, 5) is 36.9. The van der Waals surface area contributed by atoms with E-state index in [2.05, 4.69) is 5.32 Å². The van der Waals surface area contributed by atoms with Gasteiger partial charge in [0.25, 0.3) is 0 Å². The quantitative estimate of drug-likeness (QED) is 0.834. The molecule has 0 saturated carbocycles. The summed E-state index contributed by atoms with van der Waals surface area (Å²) in [5, 5.41) is 2.25. The van der Waals surface area contributed by atoms with Gasteiger partial charge < -0.3 is 0 Å². The Hall–Kier alpha value is -2.17. The van der Waals surface area contributed by atoms with Crippen molar-refractivity contribution in [3.8, 4) is 0 Å². The molecule has 100 valence electrons. The van der Waals surface area contributed by atoms with E-state index in [0.29, 0.717) is 12.8 Å². The molecule has 1 heterocycles. The molecule has 0 radical (unpaired) electrons. The molecule has 1 fully saturated rings. The number of nitrogens with zero attached hydrogens (tertiary/aromatic N) is 1. The topological polar surface area (TPSA) is 66.5 Å². The number of urea groups is 1. The van der Waals surface area contributed by atoms with Crippen LogP contribution < -0.4 is 5.32 Å². The van der Waals surface area contributed by atoms with E-state index >= 15 is 0 Å². The van der Waals surface area contributed by atoms with Crippen LogP contribution in [0.15, 0.2) is 30.3 Å². The van der Waals surface area contributed by atoms with Gasteiger partial charge in [-0.1, -0.05) is 37.3 Å². The Bertz CT molecular complexity index is 527. The second-order valence-electron chi connectivity index (χ2n) is 4.72. The van der Waals surface area contributed by atoms with E-state index in [4.69, 9.17) is 0 Å². The highest BCUT2D eigenvalue weighted by Gasteiger charge is 2.51. The number of amides is 4. The van der Waals surface area contributed by atoms with Gasteiger partial charge in [0.2, 0.25) is 11.8 Å². The van der Waals surface area contributed by atoms with Gasteiger partial charge in [-0.15, -0.1) is 0 Å². The number of benzene rings is 1. The van der Waals surface area contributed by atoms with E-state index in [1.807, 2.05) is 30.3 Å². The SMILES string of the molecule is CCC1(Cc2ccccc2)C(=O)NC(=O)N(C)C1=O. The van der Waals surface area contributed by atoms with Crippen molar-refractivity contribution >= 4 is 17.8 Å². The van der Waals surface area contributed by atoms with Crippen LogP contribution in [0, 0.1) is 5.41 Å². The van der Waals surface area contributed by atoms with Crippen molar-refractivity contribution in [3.05, 3.63) is 35.9 Å². The predicted molar refractivity (Wildman–Crippen MR) is 69.2 cm³/mol. The summed E-state index contributed by atoms with van der Waals surface area (Å²) < 4.78 is 0. The maximum Gasteiger partial charge on any atom is 0.330 e. The number of rotatable bonds is 3. The Morgan fingerprint density at radius 2 is 1.79 bits per heavy atom. The molecule has 1 aromatic carbocycles. The van der Waals surface area contributed by atoms with Crippen LogP contribution in [0.25, 0.3) is 0 Å².